The van der Waals surface area contributed by atoms with Crippen LogP contribution < -0.4 is 5.73 Å². The third-order valence-electron chi connectivity index (χ3n) is 3.73. The molecule has 1 aromatic heterocycles. The van der Waals surface area contributed by atoms with E-state index in [2.05, 4.69) is 5.10 Å². The van der Waals surface area contributed by atoms with Gasteiger partial charge in [0.25, 0.3) is 0 Å². The molecule has 3 N–H and O–H groups in total. The summed E-state index contributed by atoms with van der Waals surface area (Å²) in [5.74, 6) is 0.0497. The molecular weight excluding hydrogens is 254 g/mol. The Labute approximate surface area is 107 Å². The standard InChI is InChI=1S/C11H19N3O3S/c1-2-14-9(3-5-13-14)10(15)11(7-12)4-6-18(16,17)8-11/h3,5,10,15H,2,4,6-8,12H2,1H3. The fraction of sp³-hybridized carbons (Fsp3) is 0.727. The fourth-order valence-corrected chi connectivity index (χ4v) is 4.74. The fourth-order valence-electron chi connectivity index (χ4n) is 2.58. The second-order valence-corrected chi connectivity index (χ2v) is 7.07. The number of hydrogen-bond donors (Lipinski definition) is 2. The average Bonchev–Trinajstić information content (AvgIpc) is 2.92. The minimum absolute atomic E-state index is 0.0490. The number of aliphatic hydroxyl groups excluding tert-OH is 1. The van der Waals surface area contributed by atoms with Crippen LogP contribution in [0.3, 0.4) is 0 Å². The van der Waals surface area contributed by atoms with Gasteiger partial charge in [-0.25, -0.2) is 8.42 Å². The summed E-state index contributed by atoms with van der Waals surface area (Å²) in [6, 6.07) is 1.72. The molecule has 1 aromatic rings. The van der Waals surface area contributed by atoms with Crippen LogP contribution in [0, 0.1) is 5.41 Å². The topological polar surface area (TPSA) is 98.2 Å². The highest BCUT2D eigenvalue weighted by atomic mass is 32.2. The second kappa shape index (κ2) is 4.64. The Morgan fingerprint density at radius 3 is 2.89 bits per heavy atom. The maximum atomic E-state index is 11.6. The van der Waals surface area contributed by atoms with E-state index in [1.165, 1.54) is 0 Å². The zero-order valence-electron chi connectivity index (χ0n) is 10.4. The molecule has 2 heterocycles. The van der Waals surface area contributed by atoms with E-state index in [0.29, 0.717) is 18.7 Å². The normalized spacial score (nSPS) is 28.4. The first kappa shape index (κ1) is 13.5. The Hall–Kier alpha value is -0.920. The van der Waals surface area contributed by atoms with Crippen molar-refractivity contribution in [2.45, 2.75) is 26.0 Å². The van der Waals surface area contributed by atoms with Gasteiger partial charge in [-0.1, -0.05) is 0 Å². The SMILES string of the molecule is CCn1nccc1C(O)C1(CN)CCS(=O)(=O)C1. The first-order valence-corrected chi connectivity index (χ1v) is 7.86. The molecule has 102 valence electrons. The van der Waals surface area contributed by atoms with E-state index in [1.807, 2.05) is 6.92 Å². The lowest BCUT2D eigenvalue weighted by atomic mass is 9.80. The van der Waals surface area contributed by atoms with Gasteiger partial charge in [-0.15, -0.1) is 0 Å². The van der Waals surface area contributed by atoms with Crippen LogP contribution in [0.5, 0.6) is 0 Å². The highest BCUT2D eigenvalue weighted by Gasteiger charge is 2.47. The number of nitrogens with two attached hydrogens (primary N) is 1. The minimum Gasteiger partial charge on any atom is -0.386 e. The Morgan fingerprint density at radius 2 is 2.39 bits per heavy atom. The summed E-state index contributed by atoms with van der Waals surface area (Å²) in [5.41, 5.74) is 5.60. The van der Waals surface area contributed by atoms with Crippen LogP contribution in [0.1, 0.15) is 25.1 Å². The van der Waals surface area contributed by atoms with Crippen molar-refractivity contribution in [2.75, 3.05) is 18.1 Å². The first-order chi connectivity index (χ1) is 8.44. The summed E-state index contributed by atoms with van der Waals surface area (Å²) < 4.78 is 25.0. The van der Waals surface area contributed by atoms with Crippen molar-refractivity contribution >= 4 is 9.84 Å². The van der Waals surface area contributed by atoms with Gasteiger partial charge in [-0.2, -0.15) is 5.10 Å². The lowest BCUT2D eigenvalue weighted by molar-refractivity contribution is 0.0398. The summed E-state index contributed by atoms with van der Waals surface area (Å²) in [7, 11) is -3.09. The molecule has 1 saturated heterocycles. The van der Waals surface area contributed by atoms with Crippen LogP contribution in [0.15, 0.2) is 12.3 Å². The quantitative estimate of drug-likeness (QED) is 0.785. The Morgan fingerprint density at radius 1 is 1.67 bits per heavy atom. The van der Waals surface area contributed by atoms with E-state index in [0.717, 1.165) is 0 Å². The van der Waals surface area contributed by atoms with Crippen LogP contribution in [-0.2, 0) is 16.4 Å². The lowest BCUT2D eigenvalue weighted by Crippen LogP contribution is -2.38. The van der Waals surface area contributed by atoms with Gasteiger partial charge in [0.15, 0.2) is 9.84 Å². The zero-order valence-corrected chi connectivity index (χ0v) is 11.2. The molecule has 2 unspecified atom stereocenters. The molecule has 1 fully saturated rings. The van der Waals surface area contributed by atoms with Crippen molar-refractivity contribution in [3.8, 4) is 0 Å². The Kier molecular flexibility index (Phi) is 3.48. The summed E-state index contributed by atoms with van der Waals surface area (Å²) in [6.07, 6.45) is 1.12. The van der Waals surface area contributed by atoms with Gasteiger partial charge in [-0.05, 0) is 19.4 Å². The number of aliphatic hydroxyl groups is 1. The summed E-state index contributed by atoms with van der Waals surface area (Å²) >= 11 is 0. The monoisotopic (exact) mass is 273 g/mol. The van der Waals surface area contributed by atoms with Gasteiger partial charge >= 0.3 is 0 Å². The van der Waals surface area contributed by atoms with Crippen molar-refractivity contribution in [3.63, 3.8) is 0 Å². The maximum absolute atomic E-state index is 11.6. The van der Waals surface area contributed by atoms with E-state index < -0.39 is 21.4 Å². The van der Waals surface area contributed by atoms with Crippen molar-refractivity contribution in [1.29, 1.82) is 0 Å². The molecule has 1 aliphatic heterocycles. The average molecular weight is 273 g/mol. The predicted molar refractivity (Wildman–Crippen MR) is 67.6 cm³/mol. The molecule has 0 radical (unpaired) electrons. The molecule has 6 nitrogen and oxygen atoms in total. The van der Waals surface area contributed by atoms with E-state index >= 15 is 0 Å². The summed E-state index contributed by atoms with van der Waals surface area (Å²) in [6.45, 7) is 2.71. The molecule has 0 saturated carbocycles. The largest absolute Gasteiger partial charge is 0.386 e. The molecule has 18 heavy (non-hydrogen) atoms. The van der Waals surface area contributed by atoms with Crippen LogP contribution in [0.4, 0.5) is 0 Å². The lowest BCUT2D eigenvalue weighted by Gasteiger charge is -2.31. The van der Waals surface area contributed by atoms with Crippen LogP contribution in [0.25, 0.3) is 0 Å². The van der Waals surface area contributed by atoms with E-state index in [1.54, 1.807) is 16.9 Å². The number of sulfone groups is 1. The molecule has 0 spiro atoms. The number of rotatable bonds is 4. The molecule has 0 aliphatic carbocycles. The minimum atomic E-state index is -3.09. The molecule has 1 aliphatic rings. The molecule has 2 rings (SSSR count). The van der Waals surface area contributed by atoms with E-state index in [4.69, 9.17) is 5.73 Å². The third-order valence-corrected chi connectivity index (χ3v) is 5.57. The van der Waals surface area contributed by atoms with Crippen LogP contribution in [-0.4, -0.2) is 41.4 Å². The number of nitrogens with zero attached hydrogens (tertiary/aromatic N) is 2. The van der Waals surface area contributed by atoms with Gasteiger partial charge in [0.2, 0.25) is 0 Å². The predicted octanol–water partition coefficient (Wildman–Crippen LogP) is -0.300. The number of hydrogen-bond acceptors (Lipinski definition) is 5. The van der Waals surface area contributed by atoms with E-state index in [9.17, 15) is 13.5 Å². The van der Waals surface area contributed by atoms with Crippen LogP contribution >= 0.6 is 0 Å². The number of aromatic nitrogens is 2. The Balaban J connectivity index is 2.35. The second-order valence-electron chi connectivity index (χ2n) is 4.88. The van der Waals surface area contributed by atoms with Gasteiger partial charge in [0, 0.05) is 24.7 Å². The van der Waals surface area contributed by atoms with Gasteiger partial charge in [0.1, 0.15) is 6.10 Å². The molecule has 0 amide bonds. The van der Waals surface area contributed by atoms with Gasteiger partial charge in [0.05, 0.1) is 17.2 Å². The number of aryl methyl sites for hydroxylation is 1. The molecule has 0 bridgehead atoms. The van der Waals surface area contributed by atoms with Gasteiger partial charge < -0.3 is 10.8 Å². The van der Waals surface area contributed by atoms with Gasteiger partial charge in [-0.3, -0.25) is 4.68 Å². The van der Waals surface area contributed by atoms with Crippen molar-refractivity contribution in [2.24, 2.45) is 11.1 Å². The highest BCUT2D eigenvalue weighted by Crippen LogP contribution is 2.42. The third kappa shape index (κ3) is 2.17. The van der Waals surface area contributed by atoms with Crippen molar-refractivity contribution in [3.05, 3.63) is 18.0 Å². The molecule has 0 aromatic carbocycles. The Bertz CT molecular complexity index is 525. The molecule has 2 atom stereocenters. The van der Waals surface area contributed by atoms with Crippen LogP contribution in [0.2, 0.25) is 0 Å². The van der Waals surface area contributed by atoms with Crippen molar-refractivity contribution < 1.29 is 13.5 Å². The molecule has 7 heteroatoms. The van der Waals surface area contributed by atoms with E-state index in [-0.39, 0.29) is 18.1 Å². The smallest absolute Gasteiger partial charge is 0.151 e. The zero-order chi connectivity index (χ0) is 13.4. The summed E-state index contributed by atoms with van der Waals surface area (Å²) in [4.78, 5) is 0. The summed E-state index contributed by atoms with van der Waals surface area (Å²) in [5, 5.41) is 14.6. The maximum Gasteiger partial charge on any atom is 0.151 e. The highest BCUT2D eigenvalue weighted by molar-refractivity contribution is 7.91. The van der Waals surface area contributed by atoms with Crippen molar-refractivity contribution in [1.82, 2.24) is 9.78 Å². The molecular formula is C11H19N3O3S. The first-order valence-electron chi connectivity index (χ1n) is 6.04.